The summed E-state index contributed by atoms with van der Waals surface area (Å²) in [6.07, 6.45) is 8.04. The van der Waals surface area contributed by atoms with Gasteiger partial charge < -0.3 is 4.74 Å². The summed E-state index contributed by atoms with van der Waals surface area (Å²) in [6, 6.07) is 6.78. The van der Waals surface area contributed by atoms with Gasteiger partial charge in [-0.2, -0.15) is 12.6 Å². The van der Waals surface area contributed by atoms with Crippen LogP contribution in [0.3, 0.4) is 0 Å². The van der Waals surface area contributed by atoms with Crippen LogP contribution >= 0.6 is 12.6 Å². The van der Waals surface area contributed by atoms with Crippen LogP contribution in [-0.4, -0.2) is 12.4 Å². The number of hydrogen-bond donors (Lipinski definition) is 1. The van der Waals surface area contributed by atoms with Crippen molar-refractivity contribution in [3.05, 3.63) is 29.3 Å². The van der Waals surface area contributed by atoms with Gasteiger partial charge in [0.1, 0.15) is 5.75 Å². The van der Waals surface area contributed by atoms with E-state index in [4.69, 9.17) is 17.4 Å². The molecule has 0 unspecified atom stereocenters. The predicted octanol–water partition coefficient (Wildman–Crippen LogP) is 4.85. The van der Waals surface area contributed by atoms with E-state index in [1.165, 1.54) is 38.5 Å². The van der Waals surface area contributed by atoms with Crippen molar-refractivity contribution in [2.75, 3.05) is 7.11 Å². The Bertz CT molecular complexity index is 554. The van der Waals surface area contributed by atoms with Gasteiger partial charge in [-0.15, -0.1) is 0 Å². The lowest BCUT2D eigenvalue weighted by atomic mass is 9.56. The molecule has 2 fully saturated rings. The molecule has 1 nitrogen and oxygen atoms in total. The zero-order chi connectivity index (χ0) is 14.6. The molecule has 4 rings (SSSR count). The summed E-state index contributed by atoms with van der Waals surface area (Å²) < 4.78 is 5.41. The fourth-order valence-corrected chi connectivity index (χ4v) is 6.13. The van der Waals surface area contributed by atoms with Gasteiger partial charge in [-0.05, 0) is 85.0 Å². The van der Waals surface area contributed by atoms with E-state index >= 15 is 0 Å². The Balaban J connectivity index is 1.68. The second-order valence-corrected chi connectivity index (χ2v) is 8.24. The molecule has 1 aromatic carbocycles. The number of ether oxygens (including phenoxy) is 1. The van der Waals surface area contributed by atoms with Crippen LogP contribution in [-0.2, 0) is 6.42 Å². The SMILES string of the molecule is COc1ccc2c(c1)CC[C@@H]1[C@@H]2CC[C@]2(C)[C@@H](S)CC[C@@H]12. The summed E-state index contributed by atoms with van der Waals surface area (Å²) >= 11 is 4.92. The summed E-state index contributed by atoms with van der Waals surface area (Å²) in [5, 5.41) is 0.626. The third-order valence-electron chi connectivity index (χ3n) is 6.88. The normalized spacial score (nSPS) is 41.1. The highest BCUT2D eigenvalue weighted by molar-refractivity contribution is 7.81. The predicted molar refractivity (Wildman–Crippen MR) is 90.4 cm³/mol. The maximum absolute atomic E-state index is 5.41. The molecule has 3 aliphatic carbocycles. The van der Waals surface area contributed by atoms with Crippen LogP contribution in [0.1, 0.15) is 56.1 Å². The highest BCUT2D eigenvalue weighted by Gasteiger charge is 2.53. The van der Waals surface area contributed by atoms with Gasteiger partial charge in [0.15, 0.2) is 0 Å². The number of hydrogen-bond acceptors (Lipinski definition) is 2. The number of aryl methyl sites for hydroxylation is 1. The maximum Gasteiger partial charge on any atom is 0.119 e. The number of thiol groups is 1. The quantitative estimate of drug-likeness (QED) is 0.730. The number of methoxy groups -OCH3 is 1. The van der Waals surface area contributed by atoms with Gasteiger partial charge in [-0.25, -0.2) is 0 Å². The largest absolute Gasteiger partial charge is 0.497 e. The molecule has 0 saturated heterocycles. The van der Waals surface area contributed by atoms with Crippen LogP contribution in [0.25, 0.3) is 0 Å². The zero-order valence-electron chi connectivity index (χ0n) is 13.1. The molecule has 0 radical (unpaired) electrons. The standard InChI is InChI=1S/C19H26OS/c1-19-10-9-15-14-6-4-13(20-2)11-12(14)3-5-16(15)17(19)7-8-18(19)21/h4,6,11,15-18,21H,3,5,7-10H2,1-2H3/t15-,16-,17+,18+,19+/m1/s1. The van der Waals surface area contributed by atoms with Crippen LogP contribution < -0.4 is 4.74 Å². The smallest absolute Gasteiger partial charge is 0.119 e. The Labute approximate surface area is 133 Å². The fourth-order valence-electron chi connectivity index (χ4n) is 5.66. The van der Waals surface area contributed by atoms with Crippen LogP contribution in [0.2, 0.25) is 0 Å². The fraction of sp³-hybridized carbons (Fsp3) is 0.684. The third-order valence-corrected chi connectivity index (χ3v) is 7.73. The van der Waals surface area contributed by atoms with Crippen molar-refractivity contribution in [1.29, 1.82) is 0 Å². The Morgan fingerprint density at radius 1 is 1.19 bits per heavy atom. The van der Waals surface area contributed by atoms with E-state index in [9.17, 15) is 0 Å². The topological polar surface area (TPSA) is 9.23 Å². The van der Waals surface area contributed by atoms with Crippen molar-refractivity contribution < 1.29 is 4.74 Å². The van der Waals surface area contributed by atoms with Gasteiger partial charge in [-0.1, -0.05) is 13.0 Å². The molecule has 2 saturated carbocycles. The molecule has 0 N–H and O–H groups in total. The van der Waals surface area contributed by atoms with Gasteiger partial charge in [0.25, 0.3) is 0 Å². The van der Waals surface area contributed by atoms with Gasteiger partial charge >= 0.3 is 0 Å². The van der Waals surface area contributed by atoms with Crippen LogP contribution in [0.5, 0.6) is 5.75 Å². The molecule has 21 heavy (non-hydrogen) atoms. The molecule has 114 valence electrons. The minimum Gasteiger partial charge on any atom is -0.497 e. The van der Waals surface area contributed by atoms with E-state index in [0.717, 1.165) is 23.5 Å². The summed E-state index contributed by atoms with van der Waals surface area (Å²) in [5.74, 6) is 3.59. The molecule has 0 aliphatic heterocycles. The third kappa shape index (κ3) is 1.98. The van der Waals surface area contributed by atoms with E-state index in [1.54, 1.807) is 18.2 Å². The van der Waals surface area contributed by atoms with Crippen molar-refractivity contribution in [3.8, 4) is 5.75 Å². The maximum atomic E-state index is 5.41. The molecule has 0 aromatic heterocycles. The first-order valence-electron chi connectivity index (χ1n) is 8.48. The van der Waals surface area contributed by atoms with Crippen molar-refractivity contribution >= 4 is 12.6 Å². The Kier molecular flexibility index (Phi) is 3.29. The van der Waals surface area contributed by atoms with Crippen molar-refractivity contribution in [3.63, 3.8) is 0 Å². The highest BCUT2D eigenvalue weighted by atomic mass is 32.1. The molecule has 0 spiro atoms. The summed E-state index contributed by atoms with van der Waals surface area (Å²) in [6.45, 7) is 2.52. The molecule has 0 amide bonds. The first-order chi connectivity index (χ1) is 10.1. The van der Waals surface area contributed by atoms with E-state index < -0.39 is 0 Å². The van der Waals surface area contributed by atoms with Gasteiger partial charge in [0.05, 0.1) is 7.11 Å². The lowest BCUT2D eigenvalue weighted by Crippen LogP contribution is -2.42. The van der Waals surface area contributed by atoms with Gasteiger partial charge in [0, 0.05) is 5.25 Å². The molecule has 2 heteroatoms. The first kappa shape index (κ1) is 14.0. The van der Waals surface area contributed by atoms with Crippen LogP contribution in [0.4, 0.5) is 0 Å². The lowest BCUT2D eigenvalue weighted by Gasteiger charge is -2.50. The minimum atomic E-state index is 0.494. The van der Waals surface area contributed by atoms with Crippen molar-refractivity contribution in [2.24, 2.45) is 17.3 Å². The summed E-state index contributed by atoms with van der Waals surface area (Å²) in [4.78, 5) is 0. The van der Waals surface area contributed by atoms with E-state index in [1.807, 2.05) is 0 Å². The number of rotatable bonds is 1. The highest BCUT2D eigenvalue weighted by Crippen LogP contribution is 2.62. The molecule has 0 bridgehead atoms. The monoisotopic (exact) mass is 302 g/mol. The number of benzene rings is 1. The second kappa shape index (κ2) is 4.94. The summed E-state index contributed by atoms with van der Waals surface area (Å²) in [5.41, 5.74) is 3.66. The number of fused-ring (bicyclic) bond motifs is 5. The second-order valence-electron chi connectivity index (χ2n) is 7.62. The van der Waals surface area contributed by atoms with E-state index in [2.05, 4.69) is 25.1 Å². The molecule has 5 atom stereocenters. The van der Waals surface area contributed by atoms with Crippen LogP contribution in [0, 0.1) is 17.3 Å². The van der Waals surface area contributed by atoms with Crippen LogP contribution in [0.15, 0.2) is 18.2 Å². The molecular formula is C19H26OS. The Morgan fingerprint density at radius 3 is 2.86 bits per heavy atom. The van der Waals surface area contributed by atoms with Crippen molar-refractivity contribution in [2.45, 2.75) is 56.6 Å². The van der Waals surface area contributed by atoms with E-state index in [0.29, 0.717) is 10.7 Å². The average molecular weight is 302 g/mol. The first-order valence-corrected chi connectivity index (χ1v) is 9.00. The Hall–Kier alpha value is -0.630. The average Bonchev–Trinajstić information content (AvgIpc) is 2.82. The molecular weight excluding hydrogens is 276 g/mol. The zero-order valence-corrected chi connectivity index (χ0v) is 14.0. The van der Waals surface area contributed by atoms with E-state index in [-0.39, 0.29) is 0 Å². The molecule has 0 heterocycles. The lowest BCUT2D eigenvalue weighted by molar-refractivity contribution is 0.0633. The molecule has 3 aliphatic rings. The van der Waals surface area contributed by atoms with Gasteiger partial charge in [-0.3, -0.25) is 0 Å². The minimum absolute atomic E-state index is 0.494. The van der Waals surface area contributed by atoms with Gasteiger partial charge in [0.2, 0.25) is 0 Å². The molecule has 1 aromatic rings. The van der Waals surface area contributed by atoms with Crippen molar-refractivity contribution in [1.82, 2.24) is 0 Å². The summed E-state index contributed by atoms with van der Waals surface area (Å²) in [7, 11) is 1.77. The Morgan fingerprint density at radius 2 is 2.05 bits per heavy atom.